The van der Waals surface area contributed by atoms with Gasteiger partial charge in [0, 0.05) is 36.6 Å². The minimum Gasteiger partial charge on any atom is -0.494 e. The van der Waals surface area contributed by atoms with E-state index in [-0.39, 0.29) is 5.75 Å². The summed E-state index contributed by atoms with van der Waals surface area (Å²) in [6.45, 7) is 4.01. The largest absolute Gasteiger partial charge is 0.494 e. The predicted molar refractivity (Wildman–Crippen MR) is 89.1 cm³/mol. The van der Waals surface area contributed by atoms with Crippen LogP contribution in [0.3, 0.4) is 0 Å². The molecule has 0 amide bonds. The summed E-state index contributed by atoms with van der Waals surface area (Å²) in [6.07, 6.45) is 3.67. The summed E-state index contributed by atoms with van der Waals surface area (Å²) in [6, 6.07) is 6.61. The average Bonchev–Trinajstić information content (AvgIpc) is 2.57. The number of aromatic nitrogens is 2. The lowest BCUT2D eigenvalue weighted by atomic mass is 10.1. The van der Waals surface area contributed by atoms with Gasteiger partial charge >= 0.3 is 0 Å². The van der Waals surface area contributed by atoms with Crippen molar-refractivity contribution in [3.63, 3.8) is 0 Å². The van der Waals surface area contributed by atoms with E-state index >= 15 is 0 Å². The Morgan fingerprint density at radius 1 is 1.13 bits per heavy atom. The molecular weight excluding hydrogens is 295 g/mol. The molecule has 2 heterocycles. The van der Waals surface area contributed by atoms with Crippen molar-refractivity contribution in [3.05, 3.63) is 35.8 Å². The maximum absolute atomic E-state index is 13.5. The summed E-state index contributed by atoms with van der Waals surface area (Å²) >= 11 is 0. The lowest BCUT2D eigenvalue weighted by molar-refractivity contribution is 0.387. The zero-order valence-corrected chi connectivity index (χ0v) is 13.5. The van der Waals surface area contributed by atoms with Gasteiger partial charge in [-0.15, -0.1) is 0 Å². The fourth-order valence-electron chi connectivity index (χ4n) is 2.76. The van der Waals surface area contributed by atoms with Crippen molar-refractivity contribution in [2.45, 2.75) is 26.2 Å². The highest BCUT2D eigenvalue weighted by Gasteiger charge is 2.14. The number of benzene rings is 1. The molecule has 3 rings (SSSR count). The van der Waals surface area contributed by atoms with Crippen LogP contribution in [-0.4, -0.2) is 30.2 Å². The molecule has 1 fully saturated rings. The maximum Gasteiger partial charge on any atom is 0.229 e. The second-order valence-corrected chi connectivity index (χ2v) is 5.71. The fourth-order valence-corrected chi connectivity index (χ4v) is 2.76. The van der Waals surface area contributed by atoms with Gasteiger partial charge in [-0.25, -0.2) is 9.37 Å². The van der Waals surface area contributed by atoms with Crippen LogP contribution < -0.4 is 15.0 Å². The van der Waals surface area contributed by atoms with Crippen LogP contribution in [0.5, 0.6) is 5.75 Å². The lowest BCUT2D eigenvalue weighted by Crippen LogP contribution is -2.30. The minimum atomic E-state index is -0.391. The molecular formula is C17H21FN4O. The molecule has 1 N–H and O–H groups in total. The highest BCUT2D eigenvalue weighted by Crippen LogP contribution is 2.25. The van der Waals surface area contributed by atoms with Crippen molar-refractivity contribution in [1.82, 2.24) is 9.97 Å². The van der Waals surface area contributed by atoms with Crippen LogP contribution in [0.15, 0.2) is 24.3 Å². The molecule has 0 bridgehead atoms. The first kappa shape index (κ1) is 15.5. The number of halogens is 1. The van der Waals surface area contributed by atoms with Crippen LogP contribution in [0.2, 0.25) is 0 Å². The van der Waals surface area contributed by atoms with E-state index in [9.17, 15) is 4.39 Å². The second-order valence-electron chi connectivity index (χ2n) is 5.71. The SMILES string of the molecule is COc1cc(Nc2nc(C)cc(N3CCCCC3)n2)ccc1F. The minimum absolute atomic E-state index is 0.193. The van der Waals surface area contributed by atoms with Gasteiger partial charge in [-0.2, -0.15) is 4.98 Å². The van der Waals surface area contributed by atoms with Gasteiger partial charge < -0.3 is 15.0 Å². The molecule has 1 aromatic carbocycles. The molecule has 0 saturated carbocycles. The molecule has 0 spiro atoms. The van der Waals surface area contributed by atoms with Crippen molar-refractivity contribution in [2.24, 2.45) is 0 Å². The molecule has 0 atom stereocenters. The van der Waals surface area contributed by atoms with Crippen LogP contribution >= 0.6 is 0 Å². The summed E-state index contributed by atoms with van der Waals surface area (Å²) in [5.74, 6) is 1.25. The third kappa shape index (κ3) is 3.70. The number of ether oxygens (including phenoxy) is 1. The number of anilines is 3. The van der Waals surface area contributed by atoms with Crippen LogP contribution in [-0.2, 0) is 0 Å². The van der Waals surface area contributed by atoms with E-state index in [0.717, 1.165) is 24.6 Å². The second kappa shape index (κ2) is 6.81. The molecule has 2 aromatic rings. The summed E-state index contributed by atoms with van der Waals surface area (Å²) < 4.78 is 18.5. The quantitative estimate of drug-likeness (QED) is 0.933. The van der Waals surface area contributed by atoms with Crippen molar-refractivity contribution < 1.29 is 9.13 Å². The first-order valence-electron chi connectivity index (χ1n) is 7.87. The van der Waals surface area contributed by atoms with Crippen LogP contribution in [0.1, 0.15) is 25.0 Å². The van der Waals surface area contributed by atoms with Crippen molar-refractivity contribution >= 4 is 17.5 Å². The fraction of sp³-hybridized carbons (Fsp3) is 0.412. The highest BCUT2D eigenvalue weighted by atomic mass is 19.1. The van der Waals surface area contributed by atoms with Crippen molar-refractivity contribution in [2.75, 3.05) is 30.4 Å². The number of nitrogens with zero attached hydrogens (tertiary/aromatic N) is 3. The summed E-state index contributed by atoms with van der Waals surface area (Å²) in [7, 11) is 1.44. The monoisotopic (exact) mass is 316 g/mol. The van der Waals surface area contributed by atoms with E-state index in [2.05, 4.69) is 20.2 Å². The standard InChI is InChI=1S/C17H21FN4O/c1-12-10-16(22-8-4-3-5-9-22)21-17(19-12)20-13-6-7-14(18)15(11-13)23-2/h6-7,10-11H,3-5,8-9H2,1-2H3,(H,19,20,21). The number of hydrogen-bond acceptors (Lipinski definition) is 5. The first-order valence-corrected chi connectivity index (χ1v) is 7.87. The van der Waals surface area contributed by atoms with E-state index in [4.69, 9.17) is 4.74 Å². The van der Waals surface area contributed by atoms with Gasteiger partial charge in [0.2, 0.25) is 5.95 Å². The van der Waals surface area contributed by atoms with Gasteiger partial charge in [-0.1, -0.05) is 0 Å². The van der Waals surface area contributed by atoms with Gasteiger partial charge in [0.25, 0.3) is 0 Å². The zero-order valence-electron chi connectivity index (χ0n) is 13.5. The number of methoxy groups -OCH3 is 1. The molecule has 0 aliphatic carbocycles. The van der Waals surface area contributed by atoms with E-state index in [0.29, 0.717) is 11.6 Å². The molecule has 5 nitrogen and oxygen atoms in total. The van der Waals surface area contributed by atoms with E-state index in [1.165, 1.54) is 32.4 Å². The smallest absolute Gasteiger partial charge is 0.229 e. The summed E-state index contributed by atoms with van der Waals surface area (Å²) in [5.41, 5.74) is 1.59. The van der Waals surface area contributed by atoms with E-state index < -0.39 is 5.82 Å². The molecule has 1 aliphatic heterocycles. The highest BCUT2D eigenvalue weighted by molar-refractivity contribution is 5.58. The van der Waals surface area contributed by atoms with Gasteiger partial charge in [0.1, 0.15) is 5.82 Å². The summed E-state index contributed by atoms with van der Waals surface area (Å²) in [5, 5.41) is 3.13. The molecule has 122 valence electrons. The topological polar surface area (TPSA) is 50.3 Å². The van der Waals surface area contributed by atoms with Crippen LogP contribution in [0.4, 0.5) is 21.8 Å². The summed E-state index contributed by atoms with van der Waals surface area (Å²) in [4.78, 5) is 11.3. The van der Waals surface area contributed by atoms with Gasteiger partial charge in [-0.3, -0.25) is 0 Å². The van der Waals surface area contributed by atoms with Crippen molar-refractivity contribution in [3.8, 4) is 5.75 Å². The third-order valence-electron chi connectivity index (χ3n) is 3.93. The Kier molecular flexibility index (Phi) is 4.60. The molecule has 1 saturated heterocycles. The van der Waals surface area contributed by atoms with Crippen LogP contribution in [0, 0.1) is 12.7 Å². The number of piperidine rings is 1. The molecule has 0 radical (unpaired) electrons. The van der Waals surface area contributed by atoms with Gasteiger partial charge in [-0.05, 0) is 38.3 Å². The Bertz CT molecular complexity index is 686. The molecule has 1 aromatic heterocycles. The molecule has 0 unspecified atom stereocenters. The Morgan fingerprint density at radius 3 is 2.65 bits per heavy atom. The lowest BCUT2D eigenvalue weighted by Gasteiger charge is -2.28. The predicted octanol–water partition coefficient (Wildman–Crippen LogP) is 3.67. The number of aryl methyl sites for hydroxylation is 1. The Balaban J connectivity index is 1.83. The van der Waals surface area contributed by atoms with Gasteiger partial charge in [0.15, 0.2) is 11.6 Å². The molecule has 6 heteroatoms. The Morgan fingerprint density at radius 2 is 1.91 bits per heavy atom. The zero-order chi connectivity index (χ0) is 16.2. The normalized spacial score (nSPS) is 14.7. The third-order valence-corrected chi connectivity index (χ3v) is 3.93. The molecule has 1 aliphatic rings. The van der Waals surface area contributed by atoms with Gasteiger partial charge in [0.05, 0.1) is 7.11 Å². The van der Waals surface area contributed by atoms with Crippen LogP contribution in [0.25, 0.3) is 0 Å². The number of hydrogen-bond donors (Lipinski definition) is 1. The average molecular weight is 316 g/mol. The molecule has 23 heavy (non-hydrogen) atoms. The maximum atomic E-state index is 13.5. The number of rotatable bonds is 4. The Hall–Kier alpha value is -2.37. The first-order chi connectivity index (χ1) is 11.2. The van der Waals surface area contributed by atoms with E-state index in [1.54, 1.807) is 12.1 Å². The van der Waals surface area contributed by atoms with E-state index in [1.807, 2.05) is 13.0 Å². The van der Waals surface area contributed by atoms with Crippen molar-refractivity contribution in [1.29, 1.82) is 0 Å². The Labute approximate surface area is 135 Å². The number of nitrogens with one attached hydrogen (secondary N) is 1.